The van der Waals surface area contributed by atoms with Gasteiger partial charge in [-0.1, -0.05) is 11.6 Å². The lowest BCUT2D eigenvalue weighted by Crippen LogP contribution is -3.00. The molecule has 4 N–H and O–H groups in total. The monoisotopic (exact) mass is 366 g/mol. The minimum absolute atomic E-state index is 0. The summed E-state index contributed by atoms with van der Waals surface area (Å²) in [4.78, 5) is 12.2. The van der Waals surface area contributed by atoms with E-state index < -0.39 is 7.71 Å². The van der Waals surface area contributed by atoms with E-state index in [9.17, 15) is 4.79 Å². The SMILES string of the molecule is CCN[P+](CNC(=O)c1ccc(Cl)cc1)(NCC)NCC.[Cl-]. The van der Waals surface area contributed by atoms with Gasteiger partial charge in [0.2, 0.25) is 7.71 Å². The Morgan fingerprint density at radius 1 is 1.00 bits per heavy atom. The van der Waals surface area contributed by atoms with Crippen LogP contribution in [0.2, 0.25) is 5.02 Å². The van der Waals surface area contributed by atoms with Crippen molar-refractivity contribution in [3.05, 3.63) is 34.9 Å². The summed E-state index contributed by atoms with van der Waals surface area (Å²) in [6.45, 7) is 8.69. The third-order valence-electron chi connectivity index (χ3n) is 2.87. The molecule has 0 spiro atoms. The molecule has 8 heteroatoms. The van der Waals surface area contributed by atoms with Crippen molar-refractivity contribution in [2.45, 2.75) is 20.8 Å². The van der Waals surface area contributed by atoms with E-state index in [2.05, 4.69) is 41.3 Å². The smallest absolute Gasteiger partial charge is 0.254 e. The second kappa shape index (κ2) is 11.2. The molecule has 0 radical (unpaired) electrons. The molecule has 22 heavy (non-hydrogen) atoms. The Morgan fingerprint density at radius 2 is 1.45 bits per heavy atom. The zero-order valence-corrected chi connectivity index (χ0v) is 15.7. The van der Waals surface area contributed by atoms with E-state index in [0.717, 1.165) is 19.6 Å². The van der Waals surface area contributed by atoms with Crippen molar-refractivity contribution in [1.82, 2.24) is 20.6 Å². The zero-order valence-electron chi connectivity index (χ0n) is 13.2. The van der Waals surface area contributed by atoms with E-state index in [1.807, 2.05) is 0 Å². The van der Waals surface area contributed by atoms with Gasteiger partial charge in [0.15, 0.2) is 6.29 Å². The summed E-state index contributed by atoms with van der Waals surface area (Å²) in [5.41, 5.74) is 0.613. The van der Waals surface area contributed by atoms with Gasteiger partial charge in [0.05, 0.1) is 0 Å². The second-order valence-corrected chi connectivity index (χ2v) is 7.84. The fourth-order valence-corrected chi connectivity index (χ4v) is 4.84. The van der Waals surface area contributed by atoms with Crippen molar-refractivity contribution in [2.24, 2.45) is 0 Å². The second-order valence-electron chi connectivity index (χ2n) is 4.52. The van der Waals surface area contributed by atoms with E-state index >= 15 is 0 Å². The number of hydrogen-bond donors (Lipinski definition) is 4. The van der Waals surface area contributed by atoms with Gasteiger partial charge in [0.25, 0.3) is 5.91 Å². The van der Waals surface area contributed by atoms with Gasteiger partial charge in [-0.05, 0) is 45.0 Å². The summed E-state index contributed by atoms with van der Waals surface area (Å²) in [7, 11) is -1.79. The molecule has 0 unspecified atom stereocenters. The minimum atomic E-state index is -1.79. The Hall–Kier alpha value is -0.420. The summed E-state index contributed by atoms with van der Waals surface area (Å²) in [5, 5.41) is 14.0. The lowest BCUT2D eigenvalue weighted by Gasteiger charge is -2.27. The van der Waals surface area contributed by atoms with Crippen LogP contribution in [0.1, 0.15) is 31.1 Å². The van der Waals surface area contributed by atoms with Crippen molar-refractivity contribution in [3.63, 3.8) is 0 Å². The highest BCUT2D eigenvalue weighted by atomic mass is 35.5. The van der Waals surface area contributed by atoms with Crippen molar-refractivity contribution < 1.29 is 17.2 Å². The highest BCUT2D eigenvalue weighted by Gasteiger charge is 2.36. The maximum absolute atomic E-state index is 12.2. The Kier molecular flexibility index (Phi) is 11.0. The van der Waals surface area contributed by atoms with Crippen LogP contribution in [0.25, 0.3) is 0 Å². The number of halogens is 2. The van der Waals surface area contributed by atoms with Gasteiger partial charge in [0, 0.05) is 30.2 Å². The molecule has 5 nitrogen and oxygen atoms in total. The number of hydrogen-bond acceptors (Lipinski definition) is 4. The van der Waals surface area contributed by atoms with Crippen LogP contribution >= 0.6 is 19.3 Å². The van der Waals surface area contributed by atoms with Crippen LogP contribution in [0.5, 0.6) is 0 Å². The number of benzene rings is 1. The molecule has 0 heterocycles. The fourth-order valence-electron chi connectivity index (χ4n) is 2.04. The number of rotatable bonds is 9. The van der Waals surface area contributed by atoms with E-state index in [0.29, 0.717) is 16.9 Å². The highest BCUT2D eigenvalue weighted by molar-refractivity contribution is 7.70. The first kappa shape index (κ1) is 21.6. The first-order valence-electron chi connectivity index (χ1n) is 7.24. The number of carbonyl (C=O) groups excluding carboxylic acids is 1. The predicted octanol–water partition coefficient (Wildman–Crippen LogP) is -0.378. The molecule has 1 rings (SSSR count). The fraction of sp³-hybridized carbons (Fsp3) is 0.500. The van der Waals surface area contributed by atoms with Crippen molar-refractivity contribution in [1.29, 1.82) is 0 Å². The molecule has 0 aliphatic heterocycles. The number of nitrogens with one attached hydrogen (secondary N) is 4. The molecule has 126 valence electrons. The molecule has 0 saturated carbocycles. The van der Waals surface area contributed by atoms with Crippen LogP contribution in [-0.4, -0.2) is 31.8 Å². The largest absolute Gasteiger partial charge is 1.00 e. The van der Waals surface area contributed by atoms with Gasteiger partial charge in [-0.25, -0.2) is 0 Å². The third-order valence-corrected chi connectivity index (χ3v) is 6.32. The third kappa shape index (κ3) is 6.78. The standard InChI is InChI=1S/C14H24ClN4OP.ClH/c1-4-17-21(18-5-2,19-6-3)11-16-14(20)12-7-9-13(15)10-8-12;/h7-10,17-19H,4-6,11H2,1-3H3;1H. The Morgan fingerprint density at radius 3 is 1.86 bits per heavy atom. The van der Waals surface area contributed by atoms with Gasteiger partial charge in [-0.2, -0.15) is 15.3 Å². The topological polar surface area (TPSA) is 65.2 Å². The molecular formula is C14H25Cl2N4OP. The van der Waals surface area contributed by atoms with E-state index in [1.54, 1.807) is 24.3 Å². The van der Waals surface area contributed by atoms with Crippen LogP contribution in [0.3, 0.4) is 0 Å². The highest BCUT2D eigenvalue weighted by Crippen LogP contribution is 2.43. The Labute approximate surface area is 144 Å². The summed E-state index contributed by atoms with van der Waals surface area (Å²) in [5.74, 6) is -0.0928. The van der Waals surface area contributed by atoms with Gasteiger partial charge < -0.3 is 17.7 Å². The number of amides is 1. The van der Waals surface area contributed by atoms with Crippen LogP contribution in [0.15, 0.2) is 24.3 Å². The maximum atomic E-state index is 12.2. The van der Waals surface area contributed by atoms with Crippen molar-refractivity contribution >= 4 is 25.2 Å². The van der Waals surface area contributed by atoms with E-state index in [-0.39, 0.29) is 18.3 Å². The van der Waals surface area contributed by atoms with Crippen molar-refractivity contribution in [2.75, 3.05) is 25.9 Å². The Bertz CT molecular complexity index is 428. The summed E-state index contributed by atoms with van der Waals surface area (Å²) < 4.78 is 0. The molecule has 1 aromatic rings. The molecule has 0 fully saturated rings. The first-order valence-corrected chi connectivity index (χ1v) is 9.59. The lowest BCUT2D eigenvalue weighted by molar-refractivity contribution is -0.0000129. The maximum Gasteiger partial charge on any atom is 0.254 e. The van der Waals surface area contributed by atoms with Crippen LogP contribution < -0.4 is 33.0 Å². The van der Waals surface area contributed by atoms with E-state index in [1.165, 1.54) is 0 Å². The summed E-state index contributed by atoms with van der Waals surface area (Å²) >= 11 is 5.83. The molecule has 0 aliphatic rings. The average molecular weight is 367 g/mol. The molecule has 1 amide bonds. The van der Waals surface area contributed by atoms with Crippen LogP contribution in [0, 0.1) is 0 Å². The van der Waals surface area contributed by atoms with Gasteiger partial charge >= 0.3 is 0 Å². The molecule has 0 aliphatic carbocycles. The normalized spacial score (nSPS) is 10.9. The first-order chi connectivity index (χ1) is 10.1. The van der Waals surface area contributed by atoms with Crippen molar-refractivity contribution in [3.8, 4) is 0 Å². The summed E-state index contributed by atoms with van der Waals surface area (Å²) in [6.07, 6.45) is 0.546. The lowest BCUT2D eigenvalue weighted by atomic mass is 10.2. The molecule has 0 atom stereocenters. The summed E-state index contributed by atoms with van der Waals surface area (Å²) in [6, 6.07) is 6.90. The zero-order chi connectivity index (χ0) is 15.7. The molecule has 0 aromatic heterocycles. The quantitative estimate of drug-likeness (QED) is 0.450. The van der Waals surface area contributed by atoms with Crippen LogP contribution in [0.4, 0.5) is 0 Å². The predicted molar refractivity (Wildman–Crippen MR) is 91.7 cm³/mol. The number of carbonyl (C=O) groups is 1. The minimum Gasteiger partial charge on any atom is -1.00 e. The molecular weight excluding hydrogens is 342 g/mol. The average Bonchev–Trinajstić information content (AvgIpc) is 2.46. The van der Waals surface area contributed by atoms with Gasteiger partial charge in [-0.3, -0.25) is 4.79 Å². The molecule has 0 saturated heterocycles. The van der Waals surface area contributed by atoms with Crippen LogP contribution in [-0.2, 0) is 0 Å². The van der Waals surface area contributed by atoms with E-state index in [4.69, 9.17) is 11.6 Å². The van der Waals surface area contributed by atoms with Gasteiger partial charge in [-0.15, -0.1) is 0 Å². The molecule has 1 aromatic carbocycles. The Balaban J connectivity index is 0.00000441. The van der Waals surface area contributed by atoms with Gasteiger partial charge in [0.1, 0.15) is 0 Å². The molecule has 0 bridgehead atoms.